The van der Waals surface area contributed by atoms with Crippen molar-refractivity contribution in [3.05, 3.63) is 40.3 Å². The highest BCUT2D eigenvalue weighted by atomic mass is 79.9. The van der Waals surface area contributed by atoms with E-state index in [1.54, 1.807) is 12.1 Å². The van der Waals surface area contributed by atoms with Crippen LogP contribution in [-0.4, -0.2) is 20.1 Å². The van der Waals surface area contributed by atoms with E-state index >= 15 is 0 Å². The third kappa shape index (κ3) is 2.51. The molecule has 0 aromatic heterocycles. The molecule has 0 amide bonds. The van der Waals surface area contributed by atoms with E-state index in [0.717, 1.165) is 9.88 Å². The molecule has 0 radical (unpaired) electrons. The number of sulfone groups is 1. The molecule has 0 fully saturated rings. The van der Waals surface area contributed by atoms with Crippen LogP contribution in [0.25, 0.3) is 0 Å². The van der Waals surface area contributed by atoms with Gasteiger partial charge in [0.2, 0.25) is 9.84 Å². The standard InChI is InChI=1S/C10H8BrNO3S/c11-8-2-1-3-9(6-8)15-7-10-12-4-5-16(10,13)14/h1-6H,7H2. The Labute approximate surface area is 102 Å². The van der Waals surface area contributed by atoms with Gasteiger partial charge in [0.25, 0.3) is 0 Å². The lowest BCUT2D eigenvalue weighted by Gasteiger charge is -2.05. The van der Waals surface area contributed by atoms with Crippen molar-refractivity contribution < 1.29 is 13.2 Å². The summed E-state index contributed by atoms with van der Waals surface area (Å²) in [5.74, 6) is 0.596. The molecule has 0 bridgehead atoms. The average Bonchev–Trinajstić information content (AvgIpc) is 2.55. The second-order valence-corrected chi connectivity index (χ2v) is 5.85. The Hall–Kier alpha value is -1.14. The van der Waals surface area contributed by atoms with Crippen LogP contribution in [0.1, 0.15) is 0 Å². The molecule has 0 N–H and O–H groups in total. The number of aliphatic imine (C=N–C) groups is 1. The fourth-order valence-corrected chi connectivity index (χ4v) is 2.35. The number of benzene rings is 1. The Balaban J connectivity index is 2.04. The second kappa shape index (κ2) is 4.39. The topological polar surface area (TPSA) is 55.7 Å². The molecule has 1 aliphatic rings. The summed E-state index contributed by atoms with van der Waals surface area (Å²) in [6.07, 6.45) is 1.26. The van der Waals surface area contributed by atoms with Gasteiger partial charge in [-0.25, -0.2) is 13.4 Å². The van der Waals surface area contributed by atoms with Crippen molar-refractivity contribution >= 4 is 30.8 Å². The predicted molar refractivity (Wildman–Crippen MR) is 65.1 cm³/mol. The van der Waals surface area contributed by atoms with Gasteiger partial charge in [0.1, 0.15) is 12.4 Å². The minimum absolute atomic E-state index is 0.0347. The first-order chi connectivity index (χ1) is 7.58. The smallest absolute Gasteiger partial charge is 0.218 e. The number of hydrogen-bond donors (Lipinski definition) is 0. The van der Waals surface area contributed by atoms with Gasteiger partial charge in [0.05, 0.1) is 5.41 Å². The number of ether oxygens (including phenoxy) is 1. The van der Waals surface area contributed by atoms with E-state index in [9.17, 15) is 8.42 Å². The molecule has 1 heterocycles. The van der Waals surface area contributed by atoms with Crippen LogP contribution < -0.4 is 4.74 Å². The van der Waals surface area contributed by atoms with Crippen molar-refractivity contribution in [2.24, 2.45) is 4.99 Å². The number of nitrogens with zero attached hydrogens (tertiary/aromatic N) is 1. The van der Waals surface area contributed by atoms with Crippen molar-refractivity contribution in [3.63, 3.8) is 0 Å². The molecule has 16 heavy (non-hydrogen) atoms. The van der Waals surface area contributed by atoms with Gasteiger partial charge in [0.15, 0.2) is 5.04 Å². The van der Waals surface area contributed by atoms with Crippen molar-refractivity contribution in [2.45, 2.75) is 0 Å². The molecular weight excluding hydrogens is 294 g/mol. The largest absolute Gasteiger partial charge is 0.486 e. The van der Waals surface area contributed by atoms with E-state index in [2.05, 4.69) is 20.9 Å². The van der Waals surface area contributed by atoms with Crippen LogP contribution in [0.2, 0.25) is 0 Å². The lowest BCUT2D eigenvalue weighted by atomic mass is 10.3. The fraction of sp³-hybridized carbons (Fsp3) is 0.100. The minimum Gasteiger partial charge on any atom is -0.486 e. The van der Waals surface area contributed by atoms with Gasteiger partial charge in [-0.15, -0.1) is 0 Å². The van der Waals surface area contributed by atoms with Gasteiger partial charge in [-0.3, -0.25) is 0 Å². The highest BCUT2D eigenvalue weighted by molar-refractivity contribution is 9.10. The van der Waals surface area contributed by atoms with Crippen LogP contribution in [0.15, 0.2) is 45.3 Å². The predicted octanol–water partition coefficient (Wildman–Crippen LogP) is 2.13. The van der Waals surface area contributed by atoms with E-state index in [0.29, 0.717) is 5.75 Å². The number of rotatable bonds is 3. The molecule has 6 heteroatoms. The van der Waals surface area contributed by atoms with Gasteiger partial charge in [-0.05, 0) is 18.2 Å². The number of halogens is 1. The maximum atomic E-state index is 11.3. The molecule has 0 spiro atoms. The molecule has 0 saturated heterocycles. The molecule has 1 aromatic carbocycles. The summed E-state index contributed by atoms with van der Waals surface area (Å²) < 4.78 is 28.9. The summed E-state index contributed by atoms with van der Waals surface area (Å²) in [5.41, 5.74) is 0. The van der Waals surface area contributed by atoms with E-state index in [1.807, 2.05) is 12.1 Å². The van der Waals surface area contributed by atoms with Crippen LogP contribution in [0.5, 0.6) is 5.75 Å². The Morgan fingerprint density at radius 3 is 2.81 bits per heavy atom. The Kier molecular flexibility index (Phi) is 3.11. The summed E-state index contributed by atoms with van der Waals surface area (Å²) in [4.78, 5) is 3.74. The van der Waals surface area contributed by atoms with E-state index in [4.69, 9.17) is 4.74 Å². The third-order valence-electron chi connectivity index (χ3n) is 1.95. The average molecular weight is 302 g/mol. The molecule has 1 aromatic rings. The second-order valence-electron chi connectivity index (χ2n) is 3.10. The molecule has 84 valence electrons. The third-order valence-corrected chi connectivity index (χ3v) is 3.80. The summed E-state index contributed by atoms with van der Waals surface area (Å²) in [6.45, 7) is -0.0498. The summed E-state index contributed by atoms with van der Waals surface area (Å²) in [7, 11) is -3.33. The first kappa shape index (κ1) is 11.3. The van der Waals surface area contributed by atoms with E-state index in [1.165, 1.54) is 6.20 Å². The minimum atomic E-state index is -3.33. The molecule has 0 unspecified atom stereocenters. The van der Waals surface area contributed by atoms with Crippen molar-refractivity contribution in [3.8, 4) is 5.75 Å². The Bertz CT molecular complexity index is 563. The zero-order valence-corrected chi connectivity index (χ0v) is 10.5. The van der Waals surface area contributed by atoms with Gasteiger partial charge >= 0.3 is 0 Å². The molecule has 2 rings (SSSR count). The lowest BCUT2D eigenvalue weighted by molar-refractivity contribution is 0.378. The monoisotopic (exact) mass is 301 g/mol. The highest BCUT2D eigenvalue weighted by Crippen LogP contribution is 2.18. The van der Waals surface area contributed by atoms with Crippen LogP contribution in [-0.2, 0) is 9.84 Å². The van der Waals surface area contributed by atoms with E-state index in [-0.39, 0.29) is 11.7 Å². The van der Waals surface area contributed by atoms with Crippen LogP contribution in [0.4, 0.5) is 0 Å². The molecule has 0 atom stereocenters. The quantitative estimate of drug-likeness (QED) is 0.859. The normalized spacial score (nSPS) is 17.2. The zero-order chi connectivity index (χ0) is 11.6. The summed E-state index contributed by atoms with van der Waals surface area (Å²) in [5, 5.41) is 1.10. The first-order valence-electron chi connectivity index (χ1n) is 4.45. The van der Waals surface area contributed by atoms with Crippen molar-refractivity contribution in [1.82, 2.24) is 0 Å². The maximum Gasteiger partial charge on any atom is 0.218 e. The SMILES string of the molecule is O=S1(=O)C=CN=C1COc1cccc(Br)c1. The van der Waals surface area contributed by atoms with E-state index < -0.39 is 9.84 Å². The molecule has 1 aliphatic heterocycles. The first-order valence-corrected chi connectivity index (χ1v) is 6.78. The number of hydrogen-bond acceptors (Lipinski definition) is 4. The van der Waals surface area contributed by atoms with Gasteiger partial charge < -0.3 is 4.74 Å². The van der Waals surface area contributed by atoms with Gasteiger partial charge in [-0.1, -0.05) is 22.0 Å². The Morgan fingerprint density at radius 1 is 1.38 bits per heavy atom. The van der Waals surface area contributed by atoms with Crippen LogP contribution in [0.3, 0.4) is 0 Å². The van der Waals surface area contributed by atoms with Gasteiger partial charge in [-0.2, -0.15) is 0 Å². The summed E-state index contributed by atoms with van der Waals surface area (Å²) >= 11 is 3.30. The zero-order valence-electron chi connectivity index (χ0n) is 8.13. The maximum absolute atomic E-state index is 11.3. The highest BCUT2D eigenvalue weighted by Gasteiger charge is 2.20. The van der Waals surface area contributed by atoms with Crippen LogP contribution in [0, 0.1) is 0 Å². The molecule has 0 saturated carbocycles. The van der Waals surface area contributed by atoms with Gasteiger partial charge in [0, 0.05) is 10.7 Å². The molecule has 4 nitrogen and oxygen atoms in total. The fourth-order valence-electron chi connectivity index (χ4n) is 1.17. The van der Waals surface area contributed by atoms with Crippen molar-refractivity contribution in [2.75, 3.05) is 6.61 Å². The lowest BCUT2D eigenvalue weighted by Crippen LogP contribution is -2.17. The summed E-state index contributed by atoms with van der Waals surface area (Å²) in [6, 6.07) is 7.18. The Morgan fingerprint density at radius 2 is 2.19 bits per heavy atom. The molecular formula is C10H8BrNO3S. The van der Waals surface area contributed by atoms with Crippen molar-refractivity contribution in [1.29, 1.82) is 0 Å². The van der Waals surface area contributed by atoms with Crippen LogP contribution >= 0.6 is 15.9 Å². The molecule has 0 aliphatic carbocycles.